The van der Waals surface area contributed by atoms with Crippen molar-refractivity contribution in [2.75, 3.05) is 11.9 Å². The van der Waals surface area contributed by atoms with E-state index in [4.69, 9.17) is 23.2 Å². The van der Waals surface area contributed by atoms with Crippen LogP contribution in [0.4, 0.5) is 5.69 Å². The van der Waals surface area contributed by atoms with Crippen molar-refractivity contribution in [3.8, 4) is 0 Å². The van der Waals surface area contributed by atoms with Gasteiger partial charge in [-0.1, -0.05) is 23.2 Å². The highest BCUT2D eigenvalue weighted by Crippen LogP contribution is 2.25. The molecule has 1 fully saturated rings. The van der Waals surface area contributed by atoms with Crippen LogP contribution in [0.25, 0.3) is 0 Å². The van der Waals surface area contributed by atoms with Crippen LogP contribution in [0.5, 0.6) is 0 Å². The van der Waals surface area contributed by atoms with E-state index in [1.165, 1.54) is 0 Å². The summed E-state index contributed by atoms with van der Waals surface area (Å²) in [6.07, 6.45) is 2.66. The number of halogens is 2. The van der Waals surface area contributed by atoms with Crippen LogP contribution in [0.1, 0.15) is 19.3 Å². The Labute approximate surface area is 110 Å². The first-order valence-electron chi connectivity index (χ1n) is 5.63. The zero-order chi connectivity index (χ0) is 12.3. The molecule has 3 nitrogen and oxygen atoms in total. The Morgan fingerprint density at radius 1 is 1.35 bits per heavy atom. The first-order valence-corrected chi connectivity index (χ1v) is 6.39. The van der Waals surface area contributed by atoms with Gasteiger partial charge in [0.1, 0.15) is 0 Å². The molecule has 5 heteroatoms. The molecule has 0 aromatic heterocycles. The van der Waals surface area contributed by atoms with Gasteiger partial charge < -0.3 is 10.6 Å². The van der Waals surface area contributed by atoms with Gasteiger partial charge in [-0.2, -0.15) is 0 Å². The number of amides is 1. The van der Waals surface area contributed by atoms with Crippen LogP contribution in [0.2, 0.25) is 10.0 Å². The number of benzene rings is 1. The van der Waals surface area contributed by atoms with E-state index >= 15 is 0 Å². The van der Waals surface area contributed by atoms with Gasteiger partial charge in [-0.15, -0.1) is 0 Å². The van der Waals surface area contributed by atoms with Crippen LogP contribution in [0.15, 0.2) is 18.2 Å². The Morgan fingerprint density at radius 3 is 2.82 bits per heavy atom. The lowest BCUT2D eigenvalue weighted by Crippen LogP contribution is -2.27. The molecule has 1 amide bonds. The molecule has 0 unspecified atom stereocenters. The predicted octanol–water partition coefficient (Wildman–Crippen LogP) is 3.07. The summed E-state index contributed by atoms with van der Waals surface area (Å²) in [5, 5.41) is 7.26. The molecular weight excluding hydrogens is 259 g/mol. The third-order valence-corrected chi connectivity index (χ3v) is 3.10. The van der Waals surface area contributed by atoms with Crippen molar-refractivity contribution in [2.24, 2.45) is 0 Å². The molecule has 0 radical (unpaired) electrons. The van der Waals surface area contributed by atoms with Crippen LogP contribution >= 0.6 is 23.2 Å². The number of anilines is 1. The fourth-order valence-electron chi connectivity index (χ4n) is 1.47. The normalized spacial score (nSPS) is 14.5. The van der Waals surface area contributed by atoms with Gasteiger partial charge in [0.05, 0.1) is 10.7 Å². The molecule has 17 heavy (non-hydrogen) atoms. The summed E-state index contributed by atoms with van der Waals surface area (Å²) in [5.41, 5.74) is 0.762. The van der Waals surface area contributed by atoms with Crippen molar-refractivity contribution in [3.63, 3.8) is 0 Å². The lowest BCUT2D eigenvalue weighted by molar-refractivity contribution is -0.120. The summed E-state index contributed by atoms with van der Waals surface area (Å²) in [7, 11) is 0. The van der Waals surface area contributed by atoms with Crippen molar-refractivity contribution in [1.82, 2.24) is 5.32 Å². The summed E-state index contributed by atoms with van der Waals surface area (Å²) in [5.74, 6) is 0.0816. The molecule has 1 aromatic rings. The Balaban J connectivity index is 1.76. The van der Waals surface area contributed by atoms with Gasteiger partial charge in [0, 0.05) is 24.0 Å². The Morgan fingerprint density at radius 2 is 2.12 bits per heavy atom. The van der Waals surface area contributed by atoms with Gasteiger partial charge in [0.2, 0.25) is 5.91 Å². The molecule has 2 N–H and O–H groups in total. The zero-order valence-corrected chi connectivity index (χ0v) is 10.8. The van der Waals surface area contributed by atoms with Gasteiger partial charge >= 0.3 is 0 Å². The molecule has 0 saturated heterocycles. The van der Waals surface area contributed by atoms with Crippen LogP contribution in [-0.4, -0.2) is 18.5 Å². The molecular formula is C12H14Cl2N2O. The molecule has 0 aliphatic heterocycles. The average Bonchev–Trinajstić information content (AvgIpc) is 3.07. The van der Waals surface area contributed by atoms with E-state index in [0.717, 1.165) is 18.5 Å². The molecule has 2 rings (SSSR count). The fraction of sp³-hybridized carbons (Fsp3) is 0.417. The van der Waals surface area contributed by atoms with Gasteiger partial charge in [-0.3, -0.25) is 4.79 Å². The molecule has 1 aliphatic carbocycles. The van der Waals surface area contributed by atoms with E-state index in [9.17, 15) is 4.79 Å². The summed E-state index contributed by atoms with van der Waals surface area (Å²) < 4.78 is 0. The molecule has 92 valence electrons. The highest BCUT2D eigenvalue weighted by molar-refractivity contribution is 6.35. The fourth-order valence-corrected chi connectivity index (χ4v) is 1.83. The van der Waals surface area contributed by atoms with E-state index in [1.807, 2.05) is 0 Å². The molecule has 0 spiro atoms. The third kappa shape index (κ3) is 4.10. The molecule has 0 atom stereocenters. The summed E-state index contributed by atoms with van der Waals surface area (Å²) >= 11 is 11.8. The monoisotopic (exact) mass is 272 g/mol. The second-order valence-corrected chi connectivity index (χ2v) is 4.99. The second kappa shape index (κ2) is 5.61. The van der Waals surface area contributed by atoms with E-state index in [1.54, 1.807) is 18.2 Å². The number of nitrogens with one attached hydrogen (secondary N) is 2. The van der Waals surface area contributed by atoms with Gasteiger partial charge in [0.15, 0.2) is 0 Å². The highest BCUT2D eigenvalue weighted by atomic mass is 35.5. The average molecular weight is 273 g/mol. The lowest BCUT2D eigenvalue weighted by Gasteiger charge is -2.08. The Hall–Kier alpha value is -0.930. The van der Waals surface area contributed by atoms with Gasteiger partial charge in [0.25, 0.3) is 0 Å². The van der Waals surface area contributed by atoms with Crippen molar-refractivity contribution >= 4 is 34.8 Å². The van der Waals surface area contributed by atoms with Gasteiger partial charge in [-0.05, 0) is 31.0 Å². The molecule has 1 aromatic carbocycles. The number of hydrogen-bond donors (Lipinski definition) is 2. The molecule has 1 aliphatic rings. The highest BCUT2D eigenvalue weighted by Gasteiger charge is 2.22. The summed E-state index contributed by atoms with van der Waals surface area (Å²) in [6, 6.07) is 5.63. The topological polar surface area (TPSA) is 41.1 Å². The minimum Gasteiger partial charge on any atom is -0.383 e. The zero-order valence-electron chi connectivity index (χ0n) is 9.30. The number of carbonyl (C=O) groups is 1. The molecule has 1 saturated carbocycles. The van der Waals surface area contributed by atoms with Gasteiger partial charge in [-0.25, -0.2) is 0 Å². The Kier molecular flexibility index (Phi) is 4.13. The van der Waals surface area contributed by atoms with Crippen molar-refractivity contribution in [2.45, 2.75) is 25.3 Å². The maximum absolute atomic E-state index is 11.4. The van der Waals surface area contributed by atoms with Crippen LogP contribution in [0.3, 0.4) is 0 Å². The van der Waals surface area contributed by atoms with Crippen LogP contribution in [0, 0.1) is 0 Å². The predicted molar refractivity (Wildman–Crippen MR) is 70.7 cm³/mol. The van der Waals surface area contributed by atoms with Crippen molar-refractivity contribution in [3.05, 3.63) is 28.2 Å². The number of hydrogen-bond acceptors (Lipinski definition) is 2. The van der Waals surface area contributed by atoms with E-state index < -0.39 is 0 Å². The van der Waals surface area contributed by atoms with E-state index in [0.29, 0.717) is 29.1 Å². The minimum absolute atomic E-state index is 0.0816. The van der Waals surface area contributed by atoms with Crippen molar-refractivity contribution < 1.29 is 4.79 Å². The Bertz CT molecular complexity index is 419. The van der Waals surface area contributed by atoms with Crippen LogP contribution in [-0.2, 0) is 4.79 Å². The summed E-state index contributed by atoms with van der Waals surface area (Å²) in [6.45, 7) is 0.554. The molecule has 0 bridgehead atoms. The minimum atomic E-state index is 0.0816. The smallest absolute Gasteiger partial charge is 0.221 e. The largest absolute Gasteiger partial charge is 0.383 e. The third-order valence-electron chi connectivity index (χ3n) is 2.54. The van der Waals surface area contributed by atoms with E-state index in [2.05, 4.69) is 10.6 Å². The number of rotatable bonds is 5. The summed E-state index contributed by atoms with van der Waals surface area (Å²) in [4.78, 5) is 11.4. The van der Waals surface area contributed by atoms with Crippen molar-refractivity contribution in [1.29, 1.82) is 0 Å². The number of carbonyl (C=O) groups excluding carboxylic acids is 1. The van der Waals surface area contributed by atoms with Crippen LogP contribution < -0.4 is 10.6 Å². The lowest BCUT2D eigenvalue weighted by atomic mass is 10.3. The second-order valence-electron chi connectivity index (χ2n) is 4.14. The quantitative estimate of drug-likeness (QED) is 0.865. The first-order chi connectivity index (χ1) is 8.15. The molecule has 0 heterocycles. The SMILES string of the molecule is O=C(CCNc1cc(Cl)ccc1Cl)NC1CC1. The van der Waals surface area contributed by atoms with E-state index in [-0.39, 0.29) is 5.91 Å². The maximum Gasteiger partial charge on any atom is 0.221 e. The first kappa shape index (κ1) is 12.5. The maximum atomic E-state index is 11.4. The standard InChI is InChI=1S/C12H14Cl2N2O/c13-8-1-4-10(14)11(7-8)15-6-5-12(17)16-9-2-3-9/h1,4,7,9,15H,2-3,5-6H2,(H,16,17).